The lowest BCUT2D eigenvalue weighted by Crippen LogP contribution is -2.30. The first kappa shape index (κ1) is 10.5. The minimum absolute atomic E-state index is 0.178. The fourth-order valence-corrected chi connectivity index (χ4v) is 2.25. The van der Waals surface area contributed by atoms with Gasteiger partial charge in [-0.2, -0.15) is 0 Å². The molecule has 2 heterocycles. The Morgan fingerprint density at radius 3 is 2.94 bits per heavy atom. The normalized spacial score (nSPS) is 15.8. The van der Waals surface area contributed by atoms with Gasteiger partial charge in [-0.1, -0.05) is 12.1 Å². The monoisotopic (exact) mass is 231 g/mol. The number of nitrogens with one attached hydrogen (secondary N) is 1. The molecular formula is C13H14FN3. The third kappa shape index (κ3) is 2.22. The lowest BCUT2D eigenvalue weighted by atomic mass is 10.1. The number of hydrogen-bond acceptors (Lipinski definition) is 2. The van der Waals surface area contributed by atoms with Crippen LogP contribution in [-0.4, -0.2) is 21.4 Å². The first-order valence-electron chi connectivity index (χ1n) is 5.79. The average molecular weight is 231 g/mol. The number of hydrogen-bond donors (Lipinski definition) is 1. The highest BCUT2D eigenvalue weighted by atomic mass is 19.1. The summed E-state index contributed by atoms with van der Waals surface area (Å²) in [6, 6.07) is 6.72. The van der Waals surface area contributed by atoms with Gasteiger partial charge in [-0.3, -0.25) is 4.90 Å². The van der Waals surface area contributed by atoms with Crippen LogP contribution in [0.4, 0.5) is 4.39 Å². The number of halogens is 1. The average Bonchev–Trinajstić information content (AvgIpc) is 2.79. The van der Waals surface area contributed by atoms with Gasteiger partial charge in [0, 0.05) is 26.1 Å². The second-order valence-corrected chi connectivity index (χ2v) is 4.41. The molecule has 0 fully saturated rings. The Morgan fingerprint density at radius 2 is 2.12 bits per heavy atom. The van der Waals surface area contributed by atoms with Gasteiger partial charge in [0.05, 0.1) is 17.7 Å². The molecule has 1 aromatic carbocycles. The zero-order valence-electron chi connectivity index (χ0n) is 9.49. The molecule has 0 radical (unpaired) electrons. The maximum Gasteiger partial charge on any atom is 0.123 e. The largest absolute Gasteiger partial charge is 0.347 e. The first-order valence-corrected chi connectivity index (χ1v) is 5.79. The molecule has 17 heavy (non-hydrogen) atoms. The summed E-state index contributed by atoms with van der Waals surface area (Å²) in [6.07, 6.45) is 2.74. The second kappa shape index (κ2) is 4.30. The minimum atomic E-state index is -0.178. The van der Waals surface area contributed by atoms with Crippen LogP contribution in [0.5, 0.6) is 0 Å². The molecule has 1 N–H and O–H groups in total. The molecule has 0 aliphatic carbocycles. The zero-order chi connectivity index (χ0) is 11.7. The van der Waals surface area contributed by atoms with Crippen molar-refractivity contribution >= 4 is 0 Å². The topological polar surface area (TPSA) is 31.9 Å². The molecule has 2 aromatic rings. The van der Waals surface area contributed by atoms with Crippen LogP contribution in [0.3, 0.4) is 0 Å². The van der Waals surface area contributed by atoms with Crippen molar-refractivity contribution in [3.05, 3.63) is 53.4 Å². The van der Waals surface area contributed by atoms with Crippen molar-refractivity contribution in [1.82, 2.24) is 14.9 Å². The van der Waals surface area contributed by atoms with Crippen molar-refractivity contribution in [1.29, 1.82) is 0 Å². The van der Waals surface area contributed by atoms with Gasteiger partial charge in [0.1, 0.15) is 5.82 Å². The van der Waals surface area contributed by atoms with Gasteiger partial charge in [0.15, 0.2) is 0 Å². The predicted molar refractivity (Wildman–Crippen MR) is 62.8 cm³/mol. The summed E-state index contributed by atoms with van der Waals surface area (Å²) in [5.74, 6) is -0.178. The van der Waals surface area contributed by atoms with Gasteiger partial charge in [0.2, 0.25) is 0 Å². The minimum Gasteiger partial charge on any atom is -0.347 e. The Bertz CT molecular complexity index is 504. The molecule has 0 saturated carbocycles. The number of nitrogens with zero attached hydrogens (tertiary/aromatic N) is 2. The molecule has 1 aliphatic heterocycles. The smallest absolute Gasteiger partial charge is 0.123 e. The van der Waals surface area contributed by atoms with Crippen LogP contribution in [-0.2, 0) is 19.5 Å². The second-order valence-electron chi connectivity index (χ2n) is 4.41. The molecule has 0 unspecified atom stereocenters. The molecular weight excluding hydrogens is 217 g/mol. The SMILES string of the molecule is Fc1ccc(CN2CCc3nc[nH]c3C2)cc1. The van der Waals surface area contributed by atoms with Crippen LogP contribution in [0, 0.1) is 5.82 Å². The van der Waals surface area contributed by atoms with Crippen LogP contribution in [0.15, 0.2) is 30.6 Å². The number of H-pyrrole nitrogens is 1. The fraction of sp³-hybridized carbons (Fsp3) is 0.308. The summed E-state index contributed by atoms with van der Waals surface area (Å²) >= 11 is 0. The standard InChI is InChI=1S/C13H14FN3/c14-11-3-1-10(2-4-11)7-17-6-5-12-13(8-17)16-9-15-12/h1-4,9H,5-8H2,(H,15,16). The van der Waals surface area contributed by atoms with E-state index in [2.05, 4.69) is 14.9 Å². The number of aromatic amines is 1. The lowest BCUT2D eigenvalue weighted by molar-refractivity contribution is 0.241. The number of imidazole rings is 1. The summed E-state index contributed by atoms with van der Waals surface area (Å²) in [6.45, 7) is 2.76. The summed E-state index contributed by atoms with van der Waals surface area (Å²) in [5.41, 5.74) is 3.54. The van der Waals surface area contributed by atoms with Crippen molar-refractivity contribution in [2.24, 2.45) is 0 Å². The molecule has 3 rings (SSSR count). The Kier molecular flexibility index (Phi) is 2.65. The quantitative estimate of drug-likeness (QED) is 0.858. The third-order valence-corrected chi connectivity index (χ3v) is 3.17. The fourth-order valence-electron chi connectivity index (χ4n) is 2.25. The van der Waals surface area contributed by atoms with Gasteiger partial charge < -0.3 is 4.98 Å². The van der Waals surface area contributed by atoms with Crippen molar-refractivity contribution < 1.29 is 4.39 Å². The summed E-state index contributed by atoms with van der Waals surface area (Å²) in [5, 5.41) is 0. The van der Waals surface area contributed by atoms with E-state index in [4.69, 9.17) is 0 Å². The summed E-state index contributed by atoms with van der Waals surface area (Å²) in [4.78, 5) is 9.79. The summed E-state index contributed by atoms with van der Waals surface area (Å²) in [7, 11) is 0. The molecule has 0 spiro atoms. The maximum atomic E-state index is 12.8. The maximum absolute atomic E-state index is 12.8. The highest BCUT2D eigenvalue weighted by Gasteiger charge is 2.17. The number of benzene rings is 1. The molecule has 0 bridgehead atoms. The van der Waals surface area contributed by atoms with Gasteiger partial charge in [-0.05, 0) is 17.7 Å². The number of aromatic nitrogens is 2. The van der Waals surface area contributed by atoms with E-state index in [1.165, 1.54) is 23.5 Å². The van der Waals surface area contributed by atoms with Crippen LogP contribution >= 0.6 is 0 Å². The van der Waals surface area contributed by atoms with Gasteiger partial charge in [-0.15, -0.1) is 0 Å². The van der Waals surface area contributed by atoms with Crippen LogP contribution in [0.25, 0.3) is 0 Å². The van der Waals surface area contributed by atoms with Crippen LogP contribution in [0.2, 0.25) is 0 Å². The Hall–Kier alpha value is -1.68. The van der Waals surface area contributed by atoms with Crippen LogP contribution < -0.4 is 0 Å². The van der Waals surface area contributed by atoms with Crippen molar-refractivity contribution in [2.75, 3.05) is 6.54 Å². The molecule has 1 aromatic heterocycles. The van der Waals surface area contributed by atoms with E-state index in [-0.39, 0.29) is 5.82 Å². The van der Waals surface area contributed by atoms with E-state index in [1.54, 1.807) is 6.33 Å². The van der Waals surface area contributed by atoms with E-state index in [9.17, 15) is 4.39 Å². The van der Waals surface area contributed by atoms with E-state index in [1.807, 2.05) is 12.1 Å². The third-order valence-electron chi connectivity index (χ3n) is 3.17. The van der Waals surface area contributed by atoms with Crippen molar-refractivity contribution in [3.63, 3.8) is 0 Å². The molecule has 4 heteroatoms. The molecule has 88 valence electrons. The van der Waals surface area contributed by atoms with E-state index < -0.39 is 0 Å². The molecule has 1 aliphatic rings. The van der Waals surface area contributed by atoms with E-state index in [0.717, 1.165) is 31.6 Å². The summed E-state index contributed by atoms with van der Waals surface area (Å²) < 4.78 is 12.8. The van der Waals surface area contributed by atoms with Crippen molar-refractivity contribution in [2.45, 2.75) is 19.5 Å². The van der Waals surface area contributed by atoms with E-state index in [0.29, 0.717) is 0 Å². The number of rotatable bonds is 2. The first-order chi connectivity index (χ1) is 8.31. The van der Waals surface area contributed by atoms with Gasteiger partial charge in [0.25, 0.3) is 0 Å². The molecule has 0 amide bonds. The van der Waals surface area contributed by atoms with Crippen LogP contribution in [0.1, 0.15) is 17.0 Å². The highest BCUT2D eigenvalue weighted by molar-refractivity contribution is 5.18. The predicted octanol–water partition coefficient (Wildman–Crippen LogP) is 2.11. The molecule has 3 nitrogen and oxygen atoms in total. The van der Waals surface area contributed by atoms with Crippen molar-refractivity contribution in [3.8, 4) is 0 Å². The zero-order valence-corrected chi connectivity index (χ0v) is 9.49. The Balaban J connectivity index is 1.69. The highest BCUT2D eigenvalue weighted by Crippen LogP contribution is 2.17. The van der Waals surface area contributed by atoms with Gasteiger partial charge >= 0.3 is 0 Å². The van der Waals surface area contributed by atoms with Gasteiger partial charge in [-0.25, -0.2) is 9.37 Å². The Morgan fingerprint density at radius 1 is 1.29 bits per heavy atom. The molecule has 0 atom stereocenters. The Labute approximate surface area is 99.3 Å². The lowest BCUT2D eigenvalue weighted by Gasteiger charge is -2.25. The molecule has 0 saturated heterocycles. The number of fused-ring (bicyclic) bond motifs is 1. The van der Waals surface area contributed by atoms with E-state index >= 15 is 0 Å².